The predicted molar refractivity (Wildman–Crippen MR) is 189 cm³/mol. The summed E-state index contributed by atoms with van der Waals surface area (Å²) in [6, 6.07) is 21.3. The first-order chi connectivity index (χ1) is 23.8. The average molecular weight is 663 g/mol. The van der Waals surface area contributed by atoms with E-state index < -0.39 is 6.10 Å². The SMILES string of the molecule is COc1cc2c3cc1Oc1c(OC)c(OC)cc4c1[C@H](Cc1ccc(cc1)Oc1cc(ccc1C(O)C1CC1)C[C@H]3N(C)CC2)N(C)CC4. The van der Waals surface area contributed by atoms with Crippen molar-refractivity contribution in [2.45, 2.75) is 56.7 Å². The second-order valence-corrected chi connectivity index (χ2v) is 14.1. The van der Waals surface area contributed by atoms with Gasteiger partial charge in [-0.15, -0.1) is 0 Å². The molecule has 0 spiro atoms. The van der Waals surface area contributed by atoms with Crippen LogP contribution in [0.15, 0.2) is 60.7 Å². The zero-order valence-electron chi connectivity index (χ0n) is 29.1. The first-order valence-electron chi connectivity index (χ1n) is 17.5. The maximum absolute atomic E-state index is 11.3. The number of hydrogen-bond acceptors (Lipinski definition) is 8. The van der Waals surface area contributed by atoms with Gasteiger partial charge in [0.05, 0.1) is 27.4 Å². The van der Waals surface area contributed by atoms with Gasteiger partial charge in [0.25, 0.3) is 0 Å². The summed E-state index contributed by atoms with van der Waals surface area (Å²) in [6.07, 6.45) is 4.90. The number of ether oxygens (including phenoxy) is 5. The molecule has 0 saturated heterocycles. The third-order valence-corrected chi connectivity index (χ3v) is 11.1. The second kappa shape index (κ2) is 12.9. The largest absolute Gasteiger partial charge is 0.493 e. The molecule has 4 aromatic rings. The monoisotopic (exact) mass is 662 g/mol. The fourth-order valence-electron chi connectivity index (χ4n) is 8.05. The number of hydrogen-bond donors (Lipinski definition) is 1. The molecule has 4 aromatic carbocycles. The fourth-order valence-corrected chi connectivity index (χ4v) is 8.05. The Hall–Kier alpha value is -4.24. The molecule has 3 atom stereocenters. The van der Waals surface area contributed by atoms with Gasteiger partial charge in [0.15, 0.2) is 23.0 Å². The van der Waals surface area contributed by atoms with Gasteiger partial charge in [-0.25, -0.2) is 0 Å². The van der Waals surface area contributed by atoms with Gasteiger partial charge in [0.1, 0.15) is 11.5 Å². The zero-order valence-corrected chi connectivity index (χ0v) is 29.1. The third kappa shape index (κ3) is 5.90. The van der Waals surface area contributed by atoms with Crippen molar-refractivity contribution in [2.75, 3.05) is 48.5 Å². The van der Waals surface area contributed by atoms with Crippen molar-refractivity contribution in [3.8, 4) is 40.2 Å². The molecule has 5 aliphatic rings. The van der Waals surface area contributed by atoms with Crippen LogP contribution in [0.1, 0.15) is 70.0 Å². The molecule has 0 radical (unpaired) electrons. The van der Waals surface area contributed by atoms with Crippen LogP contribution >= 0.6 is 0 Å². The van der Waals surface area contributed by atoms with Crippen LogP contribution in [0.5, 0.6) is 40.2 Å². The van der Waals surface area contributed by atoms with Crippen LogP contribution in [0.3, 0.4) is 0 Å². The zero-order chi connectivity index (χ0) is 33.8. The van der Waals surface area contributed by atoms with Crippen molar-refractivity contribution in [1.29, 1.82) is 0 Å². The number of aliphatic hydroxyl groups is 1. The molecular formula is C41H46N2O6. The van der Waals surface area contributed by atoms with Gasteiger partial charge in [-0.05, 0) is 123 Å². The molecule has 49 heavy (non-hydrogen) atoms. The van der Waals surface area contributed by atoms with Gasteiger partial charge in [-0.3, -0.25) is 9.80 Å². The van der Waals surface area contributed by atoms with Gasteiger partial charge in [0, 0.05) is 36.3 Å². The van der Waals surface area contributed by atoms with Gasteiger partial charge in [-0.1, -0.05) is 24.3 Å². The molecule has 9 rings (SSSR count). The molecule has 256 valence electrons. The van der Waals surface area contributed by atoms with E-state index in [2.05, 4.69) is 72.4 Å². The highest BCUT2D eigenvalue weighted by molar-refractivity contribution is 5.63. The first kappa shape index (κ1) is 32.0. The highest BCUT2D eigenvalue weighted by Gasteiger charge is 2.36. The van der Waals surface area contributed by atoms with Gasteiger partial charge >= 0.3 is 0 Å². The molecule has 0 amide bonds. The van der Waals surface area contributed by atoms with E-state index in [1.54, 1.807) is 21.3 Å². The lowest BCUT2D eigenvalue weighted by Crippen LogP contribution is -2.34. The molecule has 1 N–H and O–H groups in total. The molecule has 4 heterocycles. The number of aliphatic hydroxyl groups excluding tert-OH is 1. The van der Waals surface area contributed by atoms with Crippen LogP contribution in [0.4, 0.5) is 0 Å². The lowest BCUT2D eigenvalue weighted by atomic mass is 9.87. The van der Waals surface area contributed by atoms with Crippen LogP contribution in [-0.2, 0) is 25.7 Å². The lowest BCUT2D eigenvalue weighted by Gasteiger charge is -2.37. The summed E-state index contributed by atoms with van der Waals surface area (Å²) >= 11 is 0. The maximum atomic E-state index is 11.3. The molecule has 8 nitrogen and oxygen atoms in total. The van der Waals surface area contributed by atoms with E-state index in [0.29, 0.717) is 34.7 Å². The molecule has 6 bridgehead atoms. The molecule has 1 unspecified atom stereocenters. The number of rotatable bonds is 5. The Morgan fingerprint density at radius 1 is 0.714 bits per heavy atom. The summed E-state index contributed by atoms with van der Waals surface area (Å²) in [7, 11) is 9.43. The van der Waals surface area contributed by atoms with Crippen molar-refractivity contribution in [2.24, 2.45) is 5.92 Å². The first-order valence-corrected chi connectivity index (χ1v) is 17.5. The van der Waals surface area contributed by atoms with Crippen molar-refractivity contribution in [3.63, 3.8) is 0 Å². The van der Waals surface area contributed by atoms with Crippen LogP contribution in [-0.4, -0.2) is 63.4 Å². The fraction of sp³-hybridized carbons (Fsp3) is 0.415. The Bertz CT molecular complexity index is 1870. The highest BCUT2D eigenvalue weighted by Crippen LogP contribution is 2.52. The van der Waals surface area contributed by atoms with E-state index in [9.17, 15) is 5.11 Å². The van der Waals surface area contributed by atoms with Gasteiger partial charge < -0.3 is 28.8 Å². The quantitative estimate of drug-likeness (QED) is 0.234. The molecule has 1 fully saturated rings. The summed E-state index contributed by atoms with van der Waals surface area (Å²) < 4.78 is 31.6. The summed E-state index contributed by atoms with van der Waals surface area (Å²) in [5.74, 6) is 5.04. The molecule has 1 saturated carbocycles. The Morgan fingerprint density at radius 3 is 2.10 bits per heavy atom. The van der Waals surface area contributed by atoms with E-state index in [-0.39, 0.29) is 12.1 Å². The topological polar surface area (TPSA) is 72.9 Å². The maximum Gasteiger partial charge on any atom is 0.204 e. The van der Waals surface area contributed by atoms with E-state index >= 15 is 0 Å². The Kier molecular flexibility index (Phi) is 8.42. The number of likely N-dealkylation sites (N-methyl/N-ethyl adjacent to an activating group) is 2. The lowest BCUT2D eigenvalue weighted by molar-refractivity contribution is 0.151. The second-order valence-electron chi connectivity index (χ2n) is 14.1. The molecular weight excluding hydrogens is 616 g/mol. The van der Waals surface area contributed by atoms with E-state index in [1.165, 1.54) is 22.3 Å². The van der Waals surface area contributed by atoms with Crippen molar-refractivity contribution in [3.05, 3.63) is 99.6 Å². The number of nitrogens with zero attached hydrogens (tertiary/aromatic N) is 2. The minimum atomic E-state index is -0.529. The third-order valence-electron chi connectivity index (χ3n) is 11.1. The summed E-state index contributed by atoms with van der Waals surface area (Å²) in [6.45, 7) is 1.84. The standard InChI is InChI=1S/C41H46N2O6/c1-42-16-14-27-21-35(45-3)36-23-31(27)32(42)19-25-8-13-30(39(44)26-9-10-26)34(20-25)48-29-11-6-24(7-12-29)18-33-38-28(15-17-43(33)2)22-37(46-4)40(47-5)41(38)49-36/h6-8,11-13,20-23,26,32-33,39,44H,9-10,14-19H2,1-5H3/t32-,33+,39?/m1/s1. The highest BCUT2D eigenvalue weighted by atomic mass is 16.5. The van der Waals surface area contributed by atoms with Gasteiger partial charge in [0.2, 0.25) is 5.75 Å². The summed E-state index contributed by atoms with van der Waals surface area (Å²) in [4.78, 5) is 4.82. The number of methoxy groups -OCH3 is 3. The van der Waals surface area contributed by atoms with Crippen molar-refractivity contribution >= 4 is 0 Å². The Labute approximate surface area is 289 Å². The van der Waals surface area contributed by atoms with E-state index in [4.69, 9.17) is 23.7 Å². The Morgan fingerprint density at radius 2 is 1.39 bits per heavy atom. The minimum absolute atomic E-state index is 0.0312. The minimum Gasteiger partial charge on any atom is -0.493 e. The van der Waals surface area contributed by atoms with Gasteiger partial charge in [-0.2, -0.15) is 0 Å². The van der Waals surface area contributed by atoms with Crippen molar-refractivity contribution < 1.29 is 28.8 Å². The predicted octanol–water partition coefficient (Wildman–Crippen LogP) is 7.60. The number of fused-ring (bicyclic) bond motifs is 2. The van der Waals surface area contributed by atoms with Crippen LogP contribution in [0.25, 0.3) is 0 Å². The molecule has 1 aliphatic carbocycles. The van der Waals surface area contributed by atoms with E-state index in [1.807, 2.05) is 12.1 Å². The molecule has 4 aliphatic heterocycles. The molecule has 8 heteroatoms. The average Bonchev–Trinajstić information content (AvgIpc) is 3.96. The summed E-state index contributed by atoms with van der Waals surface area (Å²) in [5.41, 5.74) is 7.97. The summed E-state index contributed by atoms with van der Waals surface area (Å²) in [5, 5.41) is 11.3. The smallest absolute Gasteiger partial charge is 0.204 e. The number of benzene rings is 4. The normalized spacial score (nSPS) is 21.0. The Balaban J connectivity index is 1.33. The van der Waals surface area contributed by atoms with Crippen LogP contribution in [0.2, 0.25) is 0 Å². The molecule has 0 aromatic heterocycles. The van der Waals surface area contributed by atoms with Crippen LogP contribution in [0, 0.1) is 5.92 Å². The van der Waals surface area contributed by atoms with Crippen molar-refractivity contribution in [1.82, 2.24) is 9.80 Å². The van der Waals surface area contributed by atoms with Crippen LogP contribution < -0.4 is 23.7 Å². The van der Waals surface area contributed by atoms with E-state index in [0.717, 1.165) is 79.8 Å².